The Hall–Kier alpha value is -6.88. The first kappa shape index (κ1) is 60.7. The number of ether oxygens (including phenoxy) is 4. The average Bonchev–Trinajstić information content (AvgIpc) is 3.38. The van der Waals surface area contributed by atoms with Gasteiger partial charge in [-0.15, -0.1) is 0 Å². The van der Waals surface area contributed by atoms with Crippen LogP contribution in [0.3, 0.4) is 0 Å². The van der Waals surface area contributed by atoms with E-state index in [0.717, 1.165) is 73.9 Å². The van der Waals surface area contributed by atoms with Gasteiger partial charge in [0.05, 0.1) is 0 Å². The van der Waals surface area contributed by atoms with E-state index in [0.29, 0.717) is 12.8 Å². The molecule has 2 aliphatic rings. The highest BCUT2D eigenvalue weighted by molar-refractivity contribution is 5.83. The largest absolute Gasteiger partial charge is 0.481 e. The zero-order chi connectivity index (χ0) is 54.6. The van der Waals surface area contributed by atoms with Crippen molar-refractivity contribution in [2.75, 3.05) is 13.1 Å². The lowest BCUT2D eigenvalue weighted by molar-refractivity contribution is -0.158. The van der Waals surface area contributed by atoms with E-state index in [-0.39, 0.29) is 38.6 Å². The highest BCUT2D eigenvalue weighted by Gasteiger charge is 2.28. The number of unbranched alkanes of at least 4 members (excludes halogenated alkanes) is 2. The van der Waals surface area contributed by atoms with E-state index in [9.17, 15) is 28.8 Å². The summed E-state index contributed by atoms with van der Waals surface area (Å²) in [6, 6.07) is 25.1. The maximum atomic E-state index is 12.6. The molecule has 75 heavy (non-hydrogen) atoms. The summed E-state index contributed by atoms with van der Waals surface area (Å²) in [6.07, 6.45) is 13.5. The summed E-state index contributed by atoms with van der Waals surface area (Å²) in [5.74, 6) is -2.11. The lowest BCUT2D eigenvalue weighted by Crippen LogP contribution is -2.50. The average molecular weight is 1040 g/mol. The molecule has 2 aliphatic carbocycles. The number of pyridine rings is 2. The third-order valence-corrected chi connectivity index (χ3v) is 11.8. The van der Waals surface area contributed by atoms with Crippen molar-refractivity contribution in [1.82, 2.24) is 25.9 Å². The van der Waals surface area contributed by atoms with Crippen molar-refractivity contribution < 1.29 is 52.8 Å². The van der Waals surface area contributed by atoms with Crippen LogP contribution in [0.25, 0.3) is 0 Å². The van der Waals surface area contributed by atoms with Gasteiger partial charge in [0.2, 0.25) is 5.91 Å². The van der Waals surface area contributed by atoms with Crippen molar-refractivity contribution in [2.24, 2.45) is 5.73 Å². The Morgan fingerprint density at radius 3 is 1.44 bits per heavy atom. The van der Waals surface area contributed by atoms with E-state index in [1.807, 2.05) is 60.7 Å². The van der Waals surface area contributed by atoms with Gasteiger partial charge in [-0.25, -0.2) is 19.2 Å². The van der Waals surface area contributed by atoms with Crippen molar-refractivity contribution in [3.05, 3.63) is 130 Å². The number of carboxylic acid groups (broad SMARTS) is 1. The SMILES string of the molecule is CC(C)(C)OC(=O)[C@H](CN)NC(=O)OCc1ccccc1.CC(C)(C)OC(=O)[C@H](CNC(=O)CCCCc1ccc2c(n1)CCCC2)NC(=O)OCc1ccccc1.O=C(O)CCCCc1ccc2c(n1)CCCC2. The number of carboxylic acids is 1. The van der Waals surface area contributed by atoms with Crippen LogP contribution in [-0.4, -0.2) is 87.5 Å². The number of fused-ring (bicyclic) bond motifs is 2. The number of benzene rings is 2. The second-order valence-corrected chi connectivity index (χ2v) is 20.7. The Morgan fingerprint density at radius 2 is 1.00 bits per heavy atom. The van der Waals surface area contributed by atoms with E-state index >= 15 is 0 Å². The molecule has 408 valence electrons. The molecule has 6 N–H and O–H groups in total. The second-order valence-electron chi connectivity index (χ2n) is 20.7. The molecule has 0 aliphatic heterocycles. The summed E-state index contributed by atoms with van der Waals surface area (Å²) in [5, 5.41) is 16.2. The topological polar surface area (TPSA) is 247 Å². The van der Waals surface area contributed by atoms with Gasteiger partial charge in [-0.2, -0.15) is 0 Å². The quantitative estimate of drug-likeness (QED) is 0.0298. The molecule has 0 saturated heterocycles. The third kappa shape index (κ3) is 25.3. The van der Waals surface area contributed by atoms with Crippen LogP contribution in [-0.2, 0) is 89.9 Å². The zero-order valence-corrected chi connectivity index (χ0v) is 44.9. The number of esters is 2. The number of amides is 3. The molecule has 2 heterocycles. The fourth-order valence-corrected chi connectivity index (χ4v) is 7.98. The van der Waals surface area contributed by atoms with Gasteiger partial charge in [-0.05, 0) is 166 Å². The number of carbonyl (C=O) groups excluding carboxylic acids is 5. The highest BCUT2D eigenvalue weighted by atomic mass is 16.6. The number of aryl methyl sites for hydroxylation is 6. The molecule has 4 aromatic rings. The van der Waals surface area contributed by atoms with E-state index < -0.39 is 53.4 Å². The first-order chi connectivity index (χ1) is 35.8. The molecule has 2 aromatic carbocycles. The standard InChI is InChI=1S/C29H39N3O5.C15H22N2O4.C14H19NO2/c1-29(2,3)37-27(34)25(32-28(35)36-20-21-11-5-4-6-12-21)19-30-26(33)16-10-8-14-23-18-17-22-13-7-9-15-24(22)31-23;1-15(2,3)21-13(18)12(9-16)17-14(19)20-10-11-7-5-4-6-8-11;16-14(17)8-4-2-6-12-10-9-11-5-1-3-7-13(11)15-12/h4-6,11-12,17-18,25H,7-10,13-16,19-20H2,1-3H3,(H,30,33)(H,32,35);4-8,12H,9-10,16H2,1-3H3,(H,17,19);9-10H,1-8H2,(H,16,17)/t25-;12-;/m00./s1. The normalized spacial score (nSPS) is 13.5. The van der Waals surface area contributed by atoms with Crippen molar-refractivity contribution >= 4 is 36.0 Å². The van der Waals surface area contributed by atoms with Crippen LogP contribution in [0.2, 0.25) is 0 Å². The molecule has 3 amide bonds. The minimum absolute atomic E-state index is 0.0602. The third-order valence-electron chi connectivity index (χ3n) is 11.8. The predicted octanol–water partition coefficient (Wildman–Crippen LogP) is 8.77. The van der Waals surface area contributed by atoms with Gasteiger partial charge in [0.25, 0.3) is 0 Å². The van der Waals surface area contributed by atoms with Crippen molar-refractivity contribution in [3.63, 3.8) is 0 Å². The van der Waals surface area contributed by atoms with E-state index in [1.54, 1.807) is 41.5 Å². The molecule has 0 unspecified atom stereocenters. The summed E-state index contributed by atoms with van der Waals surface area (Å²) < 4.78 is 20.8. The number of nitrogens with two attached hydrogens (primary N) is 1. The van der Waals surface area contributed by atoms with Gasteiger partial charge >= 0.3 is 30.1 Å². The van der Waals surface area contributed by atoms with Crippen LogP contribution < -0.4 is 21.7 Å². The fourth-order valence-electron chi connectivity index (χ4n) is 7.98. The Bertz CT molecular complexity index is 2420. The number of alkyl carbamates (subject to hydrolysis) is 2. The molecule has 0 radical (unpaired) electrons. The molecule has 0 bridgehead atoms. The molecule has 17 heteroatoms. The van der Waals surface area contributed by atoms with Crippen molar-refractivity contribution in [1.29, 1.82) is 0 Å². The molecule has 0 fully saturated rings. The number of aliphatic carboxylic acids is 1. The van der Waals surface area contributed by atoms with Gasteiger partial charge in [0.15, 0.2) is 0 Å². The molecule has 0 saturated carbocycles. The monoisotopic (exact) mass is 1040 g/mol. The van der Waals surface area contributed by atoms with Crippen LogP contribution in [0.1, 0.15) is 151 Å². The van der Waals surface area contributed by atoms with Gasteiger partial charge in [-0.1, -0.05) is 72.8 Å². The van der Waals surface area contributed by atoms with Gasteiger partial charge < -0.3 is 45.7 Å². The van der Waals surface area contributed by atoms with E-state index in [4.69, 9.17) is 34.8 Å². The number of nitrogens with zero attached hydrogens (tertiary/aromatic N) is 2. The lowest BCUT2D eigenvalue weighted by Gasteiger charge is -2.24. The number of nitrogens with one attached hydrogen (secondary N) is 3. The van der Waals surface area contributed by atoms with E-state index in [2.05, 4.69) is 45.2 Å². The smallest absolute Gasteiger partial charge is 0.408 e. The summed E-state index contributed by atoms with van der Waals surface area (Å²) in [4.78, 5) is 80.7. The molecule has 6 rings (SSSR count). The number of rotatable bonds is 21. The Balaban J connectivity index is 0.000000269. The fraction of sp³-hybridized carbons (Fsp3) is 0.517. The number of hydrogen-bond donors (Lipinski definition) is 5. The first-order valence-corrected chi connectivity index (χ1v) is 26.3. The minimum atomic E-state index is -1.06. The van der Waals surface area contributed by atoms with E-state index in [1.165, 1.54) is 54.6 Å². The first-order valence-electron chi connectivity index (χ1n) is 26.3. The number of carbonyl (C=O) groups is 6. The molecule has 2 aromatic heterocycles. The van der Waals surface area contributed by atoms with Gasteiger partial charge in [0.1, 0.15) is 36.5 Å². The number of hydrogen-bond acceptors (Lipinski definition) is 13. The summed E-state index contributed by atoms with van der Waals surface area (Å²) in [6.45, 7) is 10.5. The van der Waals surface area contributed by atoms with Gasteiger partial charge in [0, 0.05) is 48.7 Å². The maximum absolute atomic E-state index is 12.6. The lowest BCUT2D eigenvalue weighted by atomic mass is 9.95. The summed E-state index contributed by atoms with van der Waals surface area (Å²) in [5.41, 5.74) is 13.2. The molecule has 17 nitrogen and oxygen atoms in total. The van der Waals surface area contributed by atoms with Crippen LogP contribution in [0.4, 0.5) is 9.59 Å². The second kappa shape index (κ2) is 31.8. The Morgan fingerprint density at radius 1 is 0.573 bits per heavy atom. The van der Waals surface area contributed by atoms with Crippen LogP contribution >= 0.6 is 0 Å². The predicted molar refractivity (Wildman–Crippen MR) is 285 cm³/mol. The van der Waals surface area contributed by atoms with Crippen molar-refractivity contribution in [2.45, 2.75) is 181 Å². The summed E-state index contributed by atoms with van der Waals surface area (Å²) in [7, 11) is 0. The Kier molecular flexibility index (Phi) is 25.7. The molecular formula is C58H80N6O11. The van der Waals surface area contributed by atoms with Crippen LogP contribution in [0, 0.1) is 0 Å². The van der Waals surface area contributed by atoms with Crippen LogP contribution in [0.15, 0.2) is 84.9 Å². The molecule has 0 spiro atoms. The minimum Gasteiger partial charge on any atom is -0.481 e. The van der Waals surface area contributed by atoms with Crippen molar-refractivity contribution in [3.8, 4) is 0 Å². The molecular weight excluding hydrogens is 957 g/mol. The maximum Gasteiger partial charge on any atom is 0.408 e. The molecule has 2 atom stereocenters. The van der Waals surface area contributed by atoms with Gasteiger partial charge in [-0.3, -0.25) is 19.6 Å². The Labute approximate surface area is 442 Å². The summed E-state index contributed by atoms with van der Waals surface area (Å²) >= 11 is 0. The number of aromatic nitrogens is 2. The zero-order valence-electron chi connectivity index (χ0n) is 44.9. The highest BCUT2D eigenvalue weighted by Crippen LogP contribution is 2.22. The van der Waals surface area contributed by atoms with Crippen LogP contribution in [0.5, 0.6) is 0 Å².